The summed E-state index contributed by atoms with van der Waals surface area (Å²) in [5.41, 5.74) is 8.90. The minimum absolute atomic E-state index is 0.392. The molecule has 0 aliphatic carbocycles. The van der Waals surface area contributed by atoms with Gasteiger partial charge in [0.1, 0.15) is 11.6 Å². The predicted octanol–water partition coefficient (Wildman–Crippen LogP) is 12.4. The van der Waals surface area contributed by atoms with Gasteiger partial charge in [-0.05, 0) is 108 Å². The molecule has 7 rings (SSSR count). The summed E-state index contributed by atoms with van der Waals surface area (Å²) >= 11 is 0. The van der Waals surface area contributed by atoms with Crippen LogP contribution in [0.5, 0.6) is 0 Å². The second-order valence-corrected chi connectivity index (χ2v) is 14.6. The van der Waals surface area contributed by atoms with Crippen molar-refractivity contribution in [1.82, 2.24) is 0 Å². The maximum atomic E-state index is 15.3. The van der Waals surface area contributed by atoms with Gasteiger partial charge in [0, 0.05) is 34.5 Å². The van der Waals surface area contributed by atoms with Crippen molar-refractivity contribution in [3.8, 4) is 0 Å². The number of fused-ring (bicyclic) bond motifs is 4. The summed E-state index contributed by atoms with van der Waals surface area (Å²) in [4.78, 5) is 2.37. The summed E-state index contributed by atoms with van der Waals surface area (Å²) in [5.74, 6) is -1.09. The Kier molecular flexibility index (Phi) is 9.01. The highest BCUT2D eigenvalue weighted by atomic mass is 19.1. The van der Waals surface area contributed by atoms with Crippen LogP contribution in [0, 0.1) is 25.5 Å². The molecule has 6 aromatic rings. The zero-order valence-electron chi connectivity index (χ0n) is 30.2. The van der Waals surface area contributed by atoms with Crippen molar-refractivity contribution in [3.05, 3.63) is 196 Å². The number of likely N-dealkylation sites (N-methyl/N-ethyl adjacent to an activating group) is 1. The first kappa shape index (κ1) is 34.2. The molecule has 0 spiro atoms. The lowest BCUT2D eigenvalue weighted by Crippen LogP contribution is -2.31. The van der Waals surface area contributed by atoms with Gasteiger partial charge in [-0.2, -0.15) is 0 Å². The van der Waals surface area contributed by atoms with Crippen LogP contribution < -0.4 is 4.90 Å². The molecule has 2 atom stereocenters. The van der Waals surface area contributed by atoms with Gasteiger partial charge in [0.2, 0.25) is 0 Å². The summed E-state index contributed by atoms with van der Waals surface area (Å²) < 4.78 is 29.3. The molecule has 6 aromatic carbocycles. The van der Waals surface area contributed by atoms with Gasteiger partial charge < -0.3 is 4.90 Å². The zero-order valence-corrected chi connectivity index (χ0v) is 30.2. The first-order valence-corrected chi connectivity index (χ1v) is 17.9. The standard InChI is InChI=1S/C48H45F2N/c1-7-51-45(48(6,31-39-22-24-40(49)29-44(39)50)42-25-23-36-17-10-11-20-41(36)46(42)51)21-13-15-34(4)47(5,30-35-16-12-14-32(2)26-35)43-28-38-19-9-8-18-37(38)27-33(43)3/h8-29H,4,7,30-31H2,1-3,5-6H3/b15-13+,45-21+. The maximum absolute atomic E-state index is 15.3. The lowest BCUT2D eigenvalue weighted by molar-refractivity contribution is 0.523. The largest absolute Gasteiger partial charge is 0.344 e. The van der Waals surface area contributed by atoms with Gasteiger partial charge in [-0.25, -0.2) is 8.78 Å². The Bertz CT molecular complexity index is 2360. The quantitative estimate of drug-likeness (QED) is 0.138. The van der Waals surface area contributed by atoms with Crippen molar-refractivity contribution in [2.24, 2.45) is 0 Å². The van der Waals surface area contributed by atoms with E-state index in [0.717, 1.165) is 52.3 Å². The fraction of sp³-hybridized carbons (Fsp3) is 0.208. The third-order valence-electron chi connectivity index (χ3n) is 11.1. The van der Waals surface area contributed by atoms with Crippen molar-refractivity contribution in [1.29, 1.82) is 0 Å². The van der Waals surface area contributed by atoms with Crippen LogP contribution in [0.25, 0.3) is 21.5 Å². The van der Waals surface area contributed by atoms with E-state index in [1.54, 1.807) is 6.07 Å². The molecule has 0 aromatic heterocycles. The molecule has 0 saturated carbocycles. The highest BCUT2D eigenvalue weighted by Gasteiger charge is 2.44. The summed E-state index contributed by atoms with van der Waals surface area (Å²) in [6.07, 6.45) is 7.66. The fourth-order valence-corrected chi connectivity index (χ4v) is 8.38. The molecule has 0 saturated heterocycles. The normalized spacial score (nSPS) is 17.8. The molecular weight excluding hydrogens is 629 g/mol. The smallest absolute Gasteiger partial charge is 0.129 e. The second-order valence-electron chi connectivity index (χ2n) is 14.6. The molecule has 1 aliphatic heterocycles. The van der Waals surface area contributed by atoms with Crippen molar-refractivity contribution < 1.29 is 8.78 Å². The van der Waals surface area contributed by atoms with Gasteiger partial charge in [-0.3, -0.25) is 0 Å². The summed E-state index contributed by atoms with van der Waals surface area (Å²) in [6.45, 7) is 16.5. The summed E-state index contributed by atoms with van der Waals surface area (Å²) in [7, 11) is 0. The van der Waals surface area contributed by atoms with Crippen LogP contribution in [-0.4, -0.2) is 6.54 Å². The van der Waals surface area contributed by atoms with Gasteiger partial charge in [-0.15, -0.1) is 0 Å². The number of nitrogens with zero attached hydrogens (tertiary/aromatic N) is 1. The highest BCUT2D eigenvalue weighted by Crippen LogP contribution is 2.52. The summed E-state index contributed by atoms with van der Waals surface area (Å²) in [6, 6.07) is 38.6. The van der Waals surface area contributed by atoms with Gasteiger partial charge >= 0.3 is 0 Å². The topological polar surface area (TPSA) is 3.24 Å². The average molecular weight is 674 g/mol. The van der Waals surface area contributed by atoms with Crippen molar-refractivity contribution in [2.75, 3.05) is 11.4 Å². The lowest BCUT2D eigenvalue weighted by atomic mass is 9.70. The number of rotatable bonds is 9. The Morgan fingerprint density at radius 2 is 1.55 bits per heavy atom. The molecule has 1 nitrogen and oxygen atoms in total. The van der Waals surface area contributed by atoms with Crippen molar-refractivity contribution >= 4 is 27.2 Å². The maximum Gasteiger partial charge on any atom is 0.129 e. The monoisotopic (exact) mass is 673 g/mol. The number of aryl methyl sites for hydroxylation is 2. The lowest BCUT2D eigenvalue weighted by Gasteiger charge is -2.34. The minimum Gasteiger partial charge on any atom is -0.344 e. The summed E-state index contributed by atoms with van der Waals surface area (Å²) in [5, 5.41) is 4.77. The van der Waals surface area contributed by atoms with Crippen LogP contribution in [0.15, 0.2) is 151 Å². The number of anilines is 1. The van der Waals surface area contributed by atoms with E-state index in [9.17, 15) is 4.39 Å². The van der Waals surface area contributed by atoms with Gasteiger partial charge in [0.25, 0.3) is 0 Å². The Morgan fingerprint density at radius 3 is 2.27 bits per heavy atom. The SMILES string of the molecule is C=C(/C=C/C=C1/N(CC)c2c(ccc3ccccc23)C1(C)Cc1ccc(F)cc1F)C(C)(Cc1cccc(C)c1)c1cc2ccccc2cc1C. The third kappa shape index (κ3) is 6.20. The predicted molar refractivity (Wildman–Crippen MR) is 212 cm³/mol. The average Bonchev–Trinajstić information content (AvgIpc) is 3.35. The Morgan fingerprint density at radius 1 is 0.824 bits per heavy atom. The molecule has 1 heterocycles. The number of hydrogen-bond donors (Lipinski definition) is 0. The Labute approximate surface area is 301 Å². The van der Waals surface area contributed by atoms with E-state index in [2.05, 4.69) is 155 Å². The third-order valence-corrected chi connectivity index (χ3v) is 11.1. The van der Waals surface area contributed by atoms with Crippen molar-refractivity contribution in [2.45, 2.75) is 58.3 Å². The van der Waals surface area contributed by atoms with Gasteiger partial charge in [-0.1, -0.05) is 128 Å². The van der Waals surface area contributed by atoms with E-state index in [1.807, 2.05) is 0 Å². The number of hydrogen-bond acceptors (Lipinski definition) is 1. The first-order chi connectivity index (χ1) is 24.5. The van der Waals surface area contributed by atoms with Crippen LogP contribution >= 0.6 is 0 Å². The highest BCUT2D eigenvalue weighted by molar-refractivity contribution is 5.99. The zero-order chi connectivity index (χ0) is 35.9. The van der Waals surface area contributed by atoms with Gasteiger partial charge in [0.05, 0.1) is 5.69 Å². The molecule has 3 heteroatoms. The molecule has 0 fully saturated rings. The number of allylic oxidation sites excluding steroid dienone is 5. The van der Waals surface area contributed by atoms with Crippen LogP contribution in [-0.2, 0) is 23.7 Å². The molecular formula is C48H45F2N. The molecule has 2 unspecified atom stereocenters. The fourth-order valence-electron chi connectivity index (χ4n) is 8.38. The van der Waals surface area contributed by atoms with E-state index < -0.39 is 22.5 Å². The molecule has 256 valence electrons. The molecule has 0 N–H and O–H groups in total. The van der Waals surface area contributed by atoms with Crippen LogP contribution in [0.3, 0.4) is 0 Å². The van der Waals surface area contributed by atoms with E-state index in [4.69, 9.17) is 6.58 Å². The van der Waals surface area contributed by atoms with Crippen molar-refractivity contribution in [3.63, 3.8) is 0 Å². The number of halogens is 2. The molecule has 0 bridgehead atoms. The van der Waals surface area contributed by atoms with Crippen LogP contribution in [0.4, 0.5) is 14.5 Å². The number of benzene rings is 6. The Hall–Kier alpha value is -5.28. The van der Waals surface area contributed by atoms with Crippen LogP contribution in [0.2, 0.25) is 0 Å². The molecule has 0 amide bonds. The Balaban J connectivity index is 1.34. The first-order valence-electron chi connectivity index (χ1n) is 17.9. The minimum atomic E-state index is -0.570. The second kappa shape index (κ2) is 13.5. The molecule has 0 radical (unpaired) electrons. The van der Waals surface area contributed by atoms with E-state index >= 15 is 4.39 Å². The van der Waals surface area contributed by atoms with E-state index in [-0.39, 0.29) is 0 Å². The molecule has 51 heavy (non-hydrogen) atoms. The van der Waals surface area contributed by atoms with E-state index in [0.29, 0.717) is 12.0 Å². The molecule has 1 aliphatic rings. The van der Waals surface area contributed by atoms with E-state index in [1.165, 1.54) is 39.1 Å². The van der Waals surface area contributed by atoms with Crippen LogP contribution in [0.1, 0.15) is 54.2 Å². The van der Waals surface area contributed by atoms with Gasteiger partial charge in [0.15, 0.2) is 0 Å².